The van der Waals surface area contributed by atoms with E-state index in [9.17, 15) is 4.79 Å². The minimum atomic E-state index is -0.439. The van der Waals surface area contributed by atoms with Crippen molar-refractivity contribution in [1.29, 1.82) is 0 Å². The Morgan fingerprint density at radius 1 is 1.25 bits per heavy atom. The van der Waals surface area contributed by atoms with Gasteiger partial charge in [0.25, 0.3) is 0 Å². The van der Waals surface area contributed by atoms with E-state index in [4.69, 9.17) is 10.5 Å². The highest BCUT2D eigenvalue weighted by molar-refractivity contribution is 6.08. The van der Waals surface area contributed by atoms with Crippen LogP contribution in [0.4, 0.5) is 5.82 Å². The number of fused-ring (bicyclic) bond motifs is 2. The van der Waals surface area contributed by atoms with Gasteiger partial charge in [-0.3, -0.25) is 0 Å². The molecule has 6 nitrogen and oxygen atoms in total. The Morgan fingerprint density at radius 3 is 2.54 bits per heavy atom. The lowest BCUT2D eigenvalue weighted by atomic mass is 10.2. The molecule has 0 radical (unpaired) electrons. The van der Waals surface area contributed by atoms with Crippen molar-refractivity contribution in [2.75, 3.05) is 5.73 Å². The summed E-state index contributed by atoms with van der Waals surface area (Å²) in [6.07, 6.45) is 1.45. The molecule has 2 heterocycles. The largest absolute Gasteiger partial charge is 0.459 e. The van der Waals surface area contributed by atoms with Crippen molar-refractivity contribution in [3.63, 3.8) is 0 Å². The van der Waals surface area contributed by atoms with E-state index in [0.717, 1.165) is 23.9 Å². The summed E-state index contributed by atoms with van der Waals surface area (Å²) in [5, 5.41) is 0. The van der Waals surface area contributed by atoms with Gasteiger partial charge in [-0.1, -0.05) is 26.0 Å². The predicted molar refractivity (Wildman–Crippen MR) is 94.9 cm³/mol. The molecule has 2 N–H and O–H groups in total. The van der Waals surface area contributed by atoms with Crippen molar-refractivity contribution >= 4 is 34.0 Å². The van der Waals surface area contributed by atoms with Gasteiger partial charge in [-0.25, -0.2) is 14.8 Å². The lowest BCUT2D eigenvalue weighted by Gasteiger charge is -2.10. The van der Waals surface area contributed by atoms with Crippen LogP contribution in [0.2, 0.25) is 0 Å². The number of aromatic nitrogens is 3. The van der Waals surface area contributed by atoms with Gasteiger partial charge >= 0.3 is 5.97 Å². The molecule has 0 bridgehead atoms. The highest BCUT2D eigenvalue weighted by Crippen LogP contribution is 2.29. The zero-order valence-electron chi connectivity index (χ0n) is 14.2. The van der Waals surface area contributed by atoms with E-state index >= 15 is 0 Å². The summed E-state index contributed by atoms with van der Waals surface area (Å²) in [5.41, 5.74) is 9.23. The van der Waals surface area contributed by atoms with Gasteiger partial charge in [0.05, 0.1) is 17.1 Å². The van der Waals surface area contributed by atoms with E-state index in [1.807, 2.05) is 42.7 Å². The third kappa shape index (κ3) is 2.68. The average molecular weight is 326 g/mol. The number of rotatable bonds is 5. The van der Waals surface area contributed by atoms with Crippen molar-refractivity contribution in [2.45, 2.75) is 46.3 Å². The Bertz CT molecular complexity index is 901. The summed E-state index contributed by atoms with van der Waals surface area (Å²) in [6.45, 7) is 6.55. The molecular weight excluding hydrogens is 304 g/mol. The van der Waals surface area contributed by atoms with Crippen LogP contribution in [-0.4, -0.2) is 26.6 Å². The number of benzene rings is 1. The molecule has 3 rings (SSSR count). The van der Waals surface area contributed by atoms with Crippen molar-refractivity contribution in [1.82, 2.24) is 14.5 Å². The van der Waals surface area contributed by atoms with Crippen LogP contribution in [0.15, 0.2) is 24.3 Å². The zero-order valence-corrected chi connectivity index (χ0v) is 14.2. The maximum atomic E-state index is 12.6. The first kappa shape index (κ1) is 16.2. The molecule has 0 aliphatic rings. The molecule has 0 unspecified atom stereocenters. The number of nitrogens with zero attached hydrogens (tertiary/aromatic N) is 3. The summed E-state index contributed by atoms with van der Waals surface area (Å²) >= 11 is 0. The summed E-state index contributed by atoms with van der Waals surface area (Å²) in [5.74, 6) is -0.0678. The highest BCUT2D eigenvalue weighted by atomic mass is 16.5. The third-order valence-corrected chi connectivity index (χ3v) is 4.13. The molecule has 24 heavy (non-hydrogen) atoms. The van der Waals surface area contributed by atoms with Gasteiger partial charge in [-0.15, -0.1) is 0 Å². The standard InChI is InChI=1S/C18H22N4O2/c1-4-10-22-16(19)14(18(23)24-11(3)5-2)15-17(22)21-13-9-7-6-8-12(13)20-15/h6-9,11H,4-5,10,19H2,1-3H3/t11-/m1/s1. The predicted octanol–water partition coefficient (Wildman–Crippen LogP) is 3.53. The number of anilines is 1. The van der Waals surface area contributed by atoms with Gasteiger partial charge in [0, 0.05) is 6.54 Å². The van der Waals surface area contributed by atoms with Crippen LogP contribution in [0.3, 0.4) is 0 Å². The summed E-state index contributed by atoms with van der Waals surface area (Å²) < 4.78 is 7.33. The lowest BCUT2D eigenvalue weighted by molar-refractivity contribution is 0.0338. The van der Waals surface area contributed by atoms with Crippen LogP contribution < -0.4 is 5.73 Å². The number of para-hydroxylation sites is 2. The second-order valence-electron chi connectivity index (χ2n) is 5.92. The highest BCUT2D eigenvalue weighted by Gasteiger charge is 2.25. The summed E-state index contributed by atoms with van der Waals surface area (Å²) in [7, 11) is 0. The van der Waals surface area contributed by atoms with E-state index < -0.39 is 5.97 Å². The normalized spacial score (nSPS) is 12.6. The molecule has 2 aromatic heterocycles. The second-order valence-corrected chi connectivity index (χ2v) is 5.92. The number of carbonyl (C=O) groups excluding carboxylic acids is 1. The Kier molecular flexibility index (Phi) is 4.38. The molecule has 0 aliphatic carbocycles. The molecule has 1 aromatic carbocycles. The van der Waals surface area contributed by atoms with Crippen LogP contribution in [0, 0.1) is 0 Å². The molecule has 0 saturated heterocycles. The zero-order chi connectivity index (χ0) is 17.3. The minimum absolute atomic E-state index is 0.171. The van der Waals surface area contributed by atoms with Gasteiger partial charge in [0.1, 0.15) is 16.9 Å². The molecule has 3 aromatic rings. The molecule has 0 amide bonds. The van der Waals surface area contributed by atoms with E-state index in [0.29, 0.717) is 29.1 Å². The molecular formula is C18H22N4O2. The minimum Gasteiger partial charge on any atom is -0.459 e. The monoisotopic (exact) mass is 326 g/mol. The van der Waals surface area contributed by atoms with E-state index in [-0.39, 0.29) is 6.10 Å². The van der Waals surface area contributed by atoms with Crippen molar-refractivity contribution in [3.8, 4) is 0 Å². The average Bonchev–Trinajstić information content (AvgIpc) is 2.84. The first-order valence-corrected chi connectivity index (χ1v) is 8.32. The molecule has 0 spiro atoms. The first-order chi connectivity index (χ1) is 11.6. The fourth-order valence-electron chi connectivity index (χ4n) is 2.69. The molecule has 126 valence electrons. The second kappa shape index (κ2) is 6.47. The third-order valence-electron chi connectivity index (χ3n) is 4.13. The number of hydrogen-bond acceptors (Lipinski definition) is 5. The smallest absolute Gasteiger partial charge is 0.344 e. The number of ether oxygens (including phenoxy) is 1. The number of nitrogens with two attached hydrogens (primary N) is 1. The van der Waals surface area contributed by atoms with Crippen LogP contribution in [0.25, 0.3) is 22.2 Å². The number of carbonyl (C=O) groups is 1. The Labute approximate surface area is 140 Å². The maximum absolute atomic E-state index is 12.6. The molecule has 6 heteroatoms. The maximum Gasteiger partial charge on any atom is 0.344 e. The van der Waals surface area contributed by atoms with Gasteiger partial charge < -0.3 is 15.0 Å². The topological polar surface area (TPSA) is 83.0 Å². The van der Waals surface area contributed by atoms with Crippen molar-refractivity contribution in [3.05, 3.63) is 29.8 Å². The van der Waals surface area contributed by atoms with Gasteiger partial charge in [-0.05, 0) is 31.9 Å². The Morgan fingerprint density at radius 2 is 1.92 bits per heavy atom. The molecule has 0 aliphatic heterocycles. The Balaban J connectivity index is 2.25. The van der Waals surface area contributed by atoms with Gasteiger partial charge in [-0.2, -0.15) is 0 Å². The summed E-state index contributed by atoms with van der Waals surface area (Å²) in [4.78, 5) is 21.9. The fourth-order valence-corrected chi connectivity index (χ4v) is 2.69. The SMILES string of the molecule is CCCn1c(N)c(C(=O)O[C@H](C)CC)c2nc3ccccc3nc21. The molecule has 0 saturated carbocycles. The number of esters is 1. The van der Waals surface area contributed by atoms with Crippen LogP contribution in [0.1, 0.15) is 44.0 Å². The van der Waals surface area contributed by atoms with E-state index in [2.05, 4.69) is 16.9 Å². The lowest BCUT2D eigenvalue weighted by Crippen LogP contribution is -2.15. The van der Waals surface area contributed by atoms with Crippen LogP contribution >= 0.6 is 0 Å². The van der Waals surface area contributed by atoms with Crippen molar-refractivity contribution in [2.24, 2.45) is 0 Å². The number of nitrogen functional groups attached to an aromatic ring is 1. The number of aryl methyl sites for hydroxylation is 1. The molecule has 0 fully saturated rings. The van der Waals surface area contributed by atoms with Gasteiger partial charge in [0.15, 0.2) is 5.65 Å². The van der Waals surface area contributed by atoms with Crippen LogP contribution in [-0.2, 0) is 11.3 Å². The quantitative estimate of drug-likeness (QED) is 0.725. The van der Waals surface area contributed by atoms with E-state index in [1.165, 1.54) is 0 Å². The Hall–Kier alpha value is -2.63. The summed E-state index contributed by atoms with van der Waals surface area (Å²) in [6, 6.07) is 7.58. The van der Waals surface area contributed by atoms with Crippen LogP contribution in [0.5, 0.6) is 0 Å². The van der Waals surface area contributed by atoms with Gasteiger partial charge in [0.2, 0.25) is 0 Å². The van der Waals surface area contributed by atoms with E-state index in [1.54, 1.807) is 0 Å². The first-order valence-electron chi connectivity index (χ1n) is 8.32. The van der Waals surface area contributed by atoms with Crippen molar-refractivity contribution < 1.29 is 9.53 Å². The molecule has 1 atom stereocenters. The fraction of sp³-hybridized carbons (Fsp3) is 0.389. The number of hydrogen-bond donors (Lipinski definition) is 1.